The van der Waals surface area contributed by atoms with Gasteiger partial charge in [0, 0.05) is 11.1 Å². The second-order valence-electron chi connectivity index (χ2n) is 5.65. The van der Waals surface area contributed by atoms with Crippen LogP contribution in [0.1, 0.15) is 22.1 Å². The molecule has 0 aliphatic rings. The summed E-state index contributed by atoms with van der Waals surface area (Å²) < 4.78 is 5.21. The number of nitrogens with one attached hydrogen (secondary N) is 1. The Morgan fingerprint density at radius 3 is 2.64 bits per heavy atom. The van der Waals surface area contributed by atoms with Crippen molar-refractivity contribution in [3.8, 4) is 5.75 Å². The van der Waals surface area contributed by atoms with Crippen molar-refractivity contribution in [3.05, 3.63) is 82.3 Å². The number of nitrogens with zero attached hydrogens (tertiary/aromatic N) is 1. The molecule has 0 aliphatic carbocycles. The molecule has 0 radical (unpaired) electrons. The Kier molecular flexibility index (Phi) is 5.80. The molecule has 25 heavy (non-hydrogen) atoms. The quantitative estimate of drug-likeness (QED) is 0.704. The SMILES string of the molecule is COc1ccc(C(Cc2cccs2)C(=O)NCc2ccccn2)cc1. The number of methoxy groups -OCH3 is 1. The third-order valence-corrected chi connectivity index (χ3v) is 4.89. The van der Waals surface area contributed by atoms with Crippen LogP contribution in [0.15, 0.2) is 66.2 Å². The maximum atomic E-state index is 12.8. The summed E-state index contributed by atoms with van der Waals surface area (Å²) in [5.41, 5.74) is 1.83. The molecule has 1 N–H and O–H groups in total. The predicted molar refractivity (Wildman–Crippen MR) is 99.8 cm³/mol. The van der Waals surface area contributed by atoms with Crippen molar-refractivity contribution in [2.24, 2.45) is 0 Å². The minimum absolute atomic E-state index is 0.00391. The number of benzene rings is 1. The van der Waals surface area contributed by atoms with Crippen LogP contribution >= 0.6 is 11.3 Å². The van der Waals surface area contributed by atoms with Gasteiger partial charge in [0.05, 0.1) is 25.3 Å². The van der Waals surface area contributed by atoms with Gasteiger partial charge in [-0.2, -0.15) is 0 Å². The number of hydrogen-bond acceptors (Lipinski definition) is 4. The summed E-state index contributed by atoms with van der Waals surface area (Å²) in [6.45, 7) is 0.427. The number of ether oxygens (including phenoxy) is 1. The molecule has 1 atom stereocenters. The summed E-state index contributed by atoms with van der Waals surface area (Å²) in [5.74, 6) is 0.546. The van der Waals surface area contributed by atoms with Crippen molar-refractivity contribution in [2.75, 3.05) is 7.11 Å². The largest absolute Gasteiger partial charge is 0.497 e. The molecule has 4 nitrogen and oxygen atoms in total. The zero-order valence-corrected chi connectivity index (χ0v) is 14.8. The fourth-order valence-electron chi connectivity index (χ4n) is 2.63. The van der Waals surface area contributed by atoms with Crippen molar-refractivity contribution in [1.29, 1.82) is 0 Å². The zero-order chi connectivity index (χ0) is 17.5. The lowest BCUT2D eigenvalue weighted by molar-refractivity contribution is -0.122. The second-order valence-corrected chi connectivity index (χ2v) is 6.68. The van der Waals surface area contributed by atoms with E-state index < -0.39 is 0 Å². The van der Waals surface area contributed by atoms with Gasteiger partial charge in [-0.1, -0.05) is 24.3 Å². The summed E-state index contributed by atoms with van der Waals surface area (Å²) in [6, 6.07) is 17.5. The van der Waals surface area contributed by atoms with Gasteiger partial charge in [0.2, 0.25) is 5.91 Å². The van der Waals surface area contributed by atoms with E-state index in [0.29, 0.717) is 13.0 Å². The molecular weight excluding hydrogens is 332 g/mol. The van der Waals surface area contributed by atoms with Gasteiger partial charge >= 0.3 is 0 Å². The van der Waals surface area contributed by atoms with Crippen molar-refractivity contribution in [1.82, 2.24) is 10.3 Å². The number of aromatic nitrogens is 1. The lowest BCUT2D eigenvalue weighted by Gasteiger charge is -2.17. The molecule has 3 aromatic rings. The minimum atomic E-state index is -0.242. The topological polar surface area (TPSA) is 51.2 Å². The van der Waals surface area contributed by atoms with Crippen LogP contribution in [0.4, 0.5) is 0 Å². The van der Waals surface area contributed by atoms with E-state index >= 15 is 0 Å². The molecule has 0 saturated heterocycles. The molecule has 0 aliphatic heterocycles. The summed E-state index contributed by atoms with van der Waals surface area (Å²) >= 11 is 1.67. The fourth-order valence-corrected chi connectivity index (χ4v) is 3.38. The lowest BCUT2D eigenvalue weighted by atomic mass is 9.94. The highest BCUT2D eigenvalue weighted by molar-refractivity contribution is 7.09. The van der Waals surface area contributed by atoms with Crippen LogP contribution in [0, 0.1) is 0 Å². The Labute approximate surface area is 151 Å². The lowest BCUT2D eigenvalue weighted by Crippen LogP contribution is -2.30. The maximum Gasteiger partial charge on any atom is 0.228 e. The van der Waals surface area contributed by atoms with Crippen molar-refractivity contribution >= 4 is 17.2 Å². The van der Waals surface area contributed by atoms with Gasteiger partial charge in [0.1, 0.15) is 5.75 Å². The number of pyridine rings is 1. The molecule has 1 amide bonds. The van der Waals surface area contributed by atoms with Crippen LogP contribution in [0.3, 0.4) is 0 Å². The van der Waals surface area contributed by atoms with Crippen LogP contribution in [0.25, 0.3) is 0 Å². The van der Waals surface area contributed by atoms with Gasteiger partial charge in [-0.15, -0.1) is 11.3 Å². The van der Waals surface area contributed by atoms with Gasteiger partial charge in [-0.3, -0.25) is 9.78 Å². The van der Waals surface area contributed by atoms with Crippen LogP contribution in [-0.4, -0.2) is 18.0 Å². The normalized spacial score (nSPS) is 11.7. The van der Waals surface area contributed by atoms with E-state index in [2.05, 4.69) is 16.4 Å². The molecule has 1 aromatic carbocycles. The Bertz CT molecular complexity index is 786. The van der Waals surface area contributed by atoms with Crippen LogP contribution < -0.4 is 10.1 Å². The summed E-state index contributed by atoms with van der Waals surface area (Å²) in [5, 5.41) is 5.04. The average Bonchev–Trinajstić information content (AvgIpc) is 3.18. The fraction of sp³-hybridized carbons (Fsp3) is 0.200. The van der Waals surface area contributed by atoms with Crippen molar-refractivity contribution in [3.63, 3.8) is 0 Å². The highest BCUT2D eigenvalue weighted by atomic mass is 32.1. The highest BCUT2D eigenvalue weighted by Crippen LogP contribution is 2.25. The summed E-state index contributed by atoms with van der Waals surface area (Å²) in [6.07, 6.45) is 2.41. The van der Waals surface area contributed by atoms with E-state index in [0.717, 1.165) is 17.0 Å². The number of thiophene rings is 1. The second kappa shape index (κ2) is 8.44. The standard InChI is InChI=1S/C20H20N2O2S/c1-24-17-9-7-15(8-10-17)19(13-18-6-4-12-25-18)20(23)22-14-16-5-2-3-11-21-16/h2-12,19H,13-14H2,1H3,(H,22,23). The first-order valence-electron chi connectivity index (χ1n) is 8.10. The number of hydrogen-bond donors (Lipinski definition) is 1. The zero-order valence-electron chi connectivity index (χ0n) is 14.0. The Morgan fingerprint density at radius 2 is 2.00 bits per heavy atom. The van der Waals surface area contributed by atoms with Gasteiger partial charge < -0.3 is 10.1 Å². The molecule has 5 heteroatoms. The van der Waals surface area contributed by atoms with Gasteiger partial charge in [-0.25, -0.2) is 0 Å². The summed E-state index contributed by atoms with van der Waals surface area (Å²) in [7, 11) is 1.64. The Morgan fingerprint density at radius 1 is 1.16 bits per heavy atom. The van der Waals surface area contributed by atoms with Crippen LogP contribution in [-0.2, 0) is 17.8 Å². The van der Waals surface area contributed by atoms with Crippen molar-refractivity contribution < 1.29 is 9.53 Å². The van der Waals surface area contributed by atoms with Crippen molar-refractivity contribution in [2.45, 2.75) is 18.9 Å². The Balaban J connectivity index is 1.75. The maximum absolute atomic E-state index is 12.8. The first-order valence-corrected chi connectivity index (χ1v) is 8.98. The molecule has 0 fully saturated rings. The van der Waals surface area contributed by atoms with Gasteiger partial charge in [-0.05, 0) is 47.7 Å². The van der Waals surface area contributed by atoms with E-state index in [1.54, 1.807) is 24.6 Å². The van der Waals surface area contributed by atoms with E-state index in [-0.39, 0.29) is 11.8 Å². The van der Waals surface area contributed by atoms with E-state index in [9.17, 15) is 4.79 Å². The van der Waals surface area contributed by atoms with Crippen LogP contribution in [0.2, 0.25) is 0 Å². The van der Waals surface area contributed by atoms with E-state index in [4.69, 9.17) is 4.74 Å². The smallest absolute Gasteiger partial charge is 0.228 e. The molecule has 2 aromatic heterocycles. The monoisotopic (exact) mass is 352 g/mol. The predicted octanol–water partition coefficient (Wildman–Crippen LogP) is 3.79. The average molecular weight is 352 g/mol. The molecule has 128 valence electrons. The third-order valence-electron chi connectivity index (χ3n) is 3.99. The third kappa shape index (κ3) is 4.67. The molecule has 2 heterocycles. The molecule has 3 rings (SSSR count). The number of carbonyl (C=O) groups is 1. The number of rotatable bonds is 7. The van der Waals surface area contributed by atoms with Gasteiger partial charge in [0.25, 0.3) is 0 Å². The number of carbonyl (C=O) groups excluding carboxylic acids is 1. The van der Waals surface area contributed by atoms with E-state index in [1.807, 2.05) is 53.9 Å². The van der Waals surface area contributed by atoms with Crippen LogP contribution in [0.5, 0.6) is 5.75 Å². The Hall–Kier alpha value is -2.66. The first kappa shape index (κ1) is 17.2. The molecular formula is C20H20N2O2S. The minimum Gasteiger partial charge on any atom is -0.497 e. The molecule has 0 bridgehead atoms. The molecule has 1 unspecified atom stereocenters. The first-order chi connectivity index (χ1) is 12.3. The molecule has 0 saturated carbocycles. The summed E-state index contributed by atoms with van der Waals surface area (Å²) in [4.78, 5) is 18.3. The van der Waals surface area contributed by atoms with Gasteiger partial charge in [0.15, 0.2) is 0 Å². The highest BCUT2D eigenvalue weighted by Gasteiger charge is 2.21. The van der Waals surface area contributed by atoms with E-state index in [1.165, 1.54) is 4.88 Å². The number of amides is 1. The molecule has 0 spiro atoms.